The van der Waals surface area contributed by atoms with Crippen LogP contribution in [0.1, 0.15) is 12.5 Å². The van der Waals surface area contributed by atoms with Crippen molar-refractivity contribution in [1.29, 1.82) is 0 Å². The number of pyridine rings is 1. The van der Waals surface area contributed by atoms with Gasteiger partial charge in [0.1, 0.15) is 6.29 Å². The van der Waals surface area contributed by atoms with Crippen molar-refractivity contribution in [2.45, 2.75) is 13.8 Å². The van der Waals surface area contributed by atoms with Gasteiger partial charge < -0.3 is 10.5 Å². The van der Waals surface area contributed by atoms with Gasteiger partial charge in [-0.3, -0.25) is 4.40 Å². The zero-order valence-electron chi connectivity index (χ0n) is 8.27. The molecule has 4 heteroatoms. The van der Waals surface area contributed by atoms with Crippen molar-refractivity contribution in [3.63, 3.8) is 0 Å². The van der Waals surface area contributed by atoms with E-state index in [1.807, 2.05) is 29.7 Å². The van der Waals surface area contributed by atoms with Crippen molar-refractivity contribution in [3.8, 4) is 0 Å². The van der Waals surface area contributed by atoms with Crippen molar-refractivity contribution in [2.24, 2.45) is 0 Å². The highest BCUT2D eigenvalue weighted by atomic mass is 16.1. The lowest BCUT2D eigenvalue weighted by atomic mass is 10.3. The molecule has 0 unspecified atom stereocenters. The van der Waals surface area contributed by atoms with E-state index in [1.54, 1.807) is 6.20 Å². The molecule has 0 radical (unpaired) electrons. The molecule has 0 aromatic carbocycles. The second-order valence-electron chi connectivity index (χ2n) is 2.80. The summed E-state index contributed by atoms with van der Waals surface area (Å²) in [6.07, 6.45) is 4.44. The lowest BCUT2D eigenvalue weighted by Crippen LogP contribution is -1.93. The molecule has 2 rings (SSSR count). The van der Waals surface area contributed by atoms with E-state index in [0.717, 1.165) is 11.8 Å². The predicted molar refractivity (Wildman–Crippen MR) is 56.1 cm³/mol. The zero-order valence-corrected chi connectivity index (χ0v) is 8.27. The minimum Gasteiger partial charge on any atom is -0.369 e. The van der Waals surface area contributed by atoms with Crippen molar-refractivity contribution >= 4 is 17.8 Å². The summed E-state index contributed by atoms with van der Waals surface area (Å²) in [6.45, 7) is 3.48. The van der Waals surface area contributed by atoms with Gasteiger partial charge in [-0.25, -0.2) is 4.98 Å². The molecule has 2 aromatic heterocycles. The smallest absolute Gasteiger partial charge is 0.204 e. The van der Waals surface area contributed by atoms with Crippen LogP contribution >= 0.6 is 0 Å². The lowest BCUT2D eigenvalue weighted by molar-refractivity contribution is -0.106. The molecule has 74 valence electrons. The number of nitrogen functional groups attached to an aromatic ring is 1. The molecule has 2 N–H and O–H groups in total. The standard InChI is InChI=1S/C8H9N3.C2H4O/c1-6-3-2-4-11-7(6)5-10-8(11)9;1-2-3/h2-5H,1H3,(H2,9,10);2H,1H3. The van der Waals surface area contributed by atoms with E-state index in [9.17, 15) is 0 Å². The number of aromatic nitrogens is 2. The zero-order chi connectivity index (χ0) is 10.6. The lowest BCUT2D eigenvalue weighted by Gasteiger charge is -1.96. The molecular weight excluding hydrogens is 178 g/mol. The fourth-order valence-electron chi connectivity index (χ4n) is 1.18. The van der Waals surface area contributed by atoms with Gasteiger partial charge in [-0.15, -0.1) is 0 Å². The first-order chi connectivity index (χ1) is 6.70. The van der Waals surface area contributed by atoms with Crippen molar-refractivity contribution in [2.75, 3.05) is 5.73 Å². The summed E-state index contributed by atoms with van der Waals surface area (Å²) < 4.78 is 1.87. The monoisotopic (exact) mass is 191 g/mol. The van der Waals surface area contributed by atoms with Gasteiger partial charge in [-0.1, -0.05) is 6.07 Å². The van der Waals surface area contributed by atoms with Gasteiger partial charge in [0.15, 0.2) is 0 Å². The van der Waals surface area contributed by atoms with E-state index in [1.165, 1.54) is 12.5 Å². The van der Waals surface area contributed by atoms with E-state index >= 15 is 0 Å². The van der Waals surface area contributed by atoms with Crippen LogP contribution in [-0.4, -0.2) is 15.7 Å². The van der Waals surface area contributed by atoms with Crippen LogP contribution in [0.25, 0.3) is 5.52 Å². The number of hydrogen-bond donors (Lipinski definition) is 1. The number of carbonyl (C=O) groups is 1. The summed E-state index contributed by atoms with van der Waals surface area (Å²) in [5, 5.41) is 0. The molecular formula is C10H13N3O. The van der Waals surface area contributed by atoms with Crippen molar-refractivity contribution in [3.05, 3.63) is 30.1 Å². The van der Waals surface area contributed by atoms with Gasteiger partial charge in [-0.2, -0.15) is 0 Å². The third-order valence-electron chi connectivity index (χ3n) is 1.81. The van der Waals surface area contributed by atoms with Gasteiger partial charge >= 0.3 is 0 Å². The number of fused-ring (bicyclic) bond motifs is 1. The summed E-state index contributed by atoms with van der Waals surface area (Å²) in [4.78, 5) is 12.8. The van der Waals surface area contributed by atoms with Crippen LogP contribution in [-0.2, 0) is 4.79 Å². The third kappa shape index (κ3) is 1.90. The van der Waals surface area contributed by atoms with Crippen molar-refractivity contribution < 1.29 is 4.79 Å². The molecule has 2 aromatic rings. The van der Waals surface area contributed by atoms with Gasteiger partial charge in [0.25, 0.3) is 0 Å². The second-order valence-corrected chi connectivity index (χ2v) is 2.80. The molecule has 0 spiro atoms. The summed E-state index contributed by atoms with van der Waals surface area (Å²) in [5.41, 5.74) is 7.86. The average Bonchev–Trinajstić information content (AvgIpc) is 2.51. The van der Waals surface area contributed by atoms with Crippen LogP contribution in [0.3, 0.4) is 0 Å². The van der Waals surface area contributed by atoms with Gasteiger partial charge in [-0.05, 0) is 25.5 Å². The Kier molecular flexibility index (Phi) is 3.23. The highest BCUT2D eigenvalue weighted by Gasteiger charge is 1.99. The summed E-state index contributed by atoms with van der Waals surface area (Å²) in [7, 11) is 0. The Morgan fingerprint density at radius 1 is 1.57 bits per heavy atom. The Bertz CT molecular complexity index is 434. The van der Waals surface area contributed by atoms with Crippen LogP contribution in [0.15, 0.2) is 24.5 Å². The van der Waals surface area contributed by atoms with Crippen LogP contribution in [0, 0.1) is 6.92 Å². The minimum atomic E-state index is 0.545. The molecule has 0 fully saturated rings. The topological polar surface area (TPSA) is 60.4 Å². The van der Waals surface area contributed by atoms with Crippen LogP contribution in [0.5, 0.6) is 0 Å². The Balaban J connectivity index is 0.000000293. The number of aryl methyl sites for hydroxylation is 1. The SMILES string of the molecule is CC=O.Cc1cccn2c(N)ncc12. The normalized spacial score (nSPS) is 9.29. The summed E-state index contributed by atoms with van der Waals surface area (Å²) >= 11 is 0. The number of nitrogens with zero attached hydrogens (tertiary/aromatic N) is 2. The molecule has 0 saturated carbocycles. The molecule has 0 saturated heterocycles. The molecule has 0 aliphatic heterocycles. The van der Waals surface area contributed by atoms with Gasteiger partial charge in [0.2, 0.25) is 5.95 Å². The molecule has 14 heavy (non-hydrogen) atoms. The van der Waals surface area contributed by atoms with E-state index in [0.29, 0.717) is 5.95 Å². The molecule has 2 heterocycles. The maximum absolute atomic E-state index is 8.81. The summed E-state index contributed by atoms with van der Waals surface area (Å²) in [6, 6.07) is 4.00. The van der Waals surface area contributed by atoms with Gasteiger partial charge in [0, 0.05) is 6.20 Å². The number of imidazole rings is 1. The Hall–Kier alpha value is -1.84. The summed E-state index contributed by atoms with van der Waals surface area (Å²) in [5.74, 6) is 0.545. The Morgan fingerprint density at radius 2 is 2.21 bits per heavy atom. The number of carbonyl (C=O) groups excluding carboxylic acids is 1. The first-order valence-corrected chi connectivity index (χ1v) is 4.28. The number of nitrogens with two attached hydrogens (primary N) is 1. The van der Waals surface area contributed by atoms with E-state index in [-0.39, 0.29) is 0 Å². The highest BCUT2D eigenvalue weighted by molar-refractivity contribution is 5.56. The Labute approximate surface area is 82.4 Å². The fourth-order valence-corrected chi connectivity index (χ4v) is 1.18. The fraction of sp³-hybridized carbons (Fsp3) is 0.200. The number of rotatable bonds is 0. The number of aldehydes is 1. The van der Waals surface area contributed by atoms with Gasteiger partial charge in [0.05, 0.1) is 11.7 Å². The maximum atomic E-state index is 8.81. The van der Waals surface area contributed by atoms with Crippen LogP contribution in [0.4, 0.5) is 5.95 Å². The Morgan fingerprint density at radius 3 is 2.79 bits per heavy atom. The molecule has 4 nitrogen and oxygen atoms in total. The highest BCUT2D eigenvalue weighted by Crippen LogP contribution is 2.11. The largest absolute Gasteiger partial charge is 0.369 e. The molecule has 0 aliphatic carbocycles. The average molecular weight is 191 g/mol. The minimum absolute atomic E-state index is 0.545. The van der Waals surface area contributed by atoms with E-state index in [2.05, 4.69) is 4.98 Å². The van der Waals surface area contributed by atoms with E-state index in [4.69, 9.17) is 10.5 Å². The quantitative estimate of drug-likeness (QED) is 0.641. The first kappa shape index (κ1) is 10.2. The molecule has 0 amide bonds. The van der Waals surface area contributed by atoms with Crippen LogP contribution in [0.2, 0.25) is 0 Å². The molecule has 0 atom stereocenters. The molecule has 0 aliphatic rings. The molecule has 0 bridgehead atoms. The van der Waals surface area contributed by atoms with Crippen molar-refractivity contribution in [1.82, 2.24) is 9.38 Å². The van der Waals surface area contributed by atoms with Crippen LogP contribution < -0.4 is 5.73 Å². The van der Waals surface area contributed by atoms with E-state index < -0.39 is 0 Å². The number of anilines is 1. The second kappa shape index (κ2) is 4.41. The third-order valence-corrected chi connectivity index (χ3v) is 1.81. The number of hydrogen-bond acceptors (Lipinski definition) is 3. The first-order valence-electron chi connectivity index (χ1n) is 4.28. The maximum Gasteiger partial charge on any atom is 0.204 e. The predicted octanol–water partition coefficient (Wildman–Crippen LogP) is 1.43.